The molecule has 3 amide bonds. The van der Waals surface area contributed by atoms with Crippen molar-refractivity contribution < 1.29 is 14.4 Å². The van der Waals surface area contributed by atoms with E-state index in [-0.39, 0.29) is 12.5 Å². The maximum Gasteiger partial charge on any atom is 0.263 e. The van der Waals surface area contributed by atoms with Crippen molar-refractivity contribution >= 4 is 40.7 Å². The first kappa shape index (κ1) is 19.1. The predicted octanol–water partition coefficient (Wildman–Crippen LogP) is 2.89. The molecule has 2 heterocycles. The van der Waals surface area contributed by atoms with Gasteiger partial charge in [-0.15, -0.1) is 0 Å². The van der Waals surface area contributed by atoms with Gasteiger partial charge in [0, 0.05) is 10.7 Å². The second-order valence-electron chi connectivity index (χ2n) is 7.05. The number of benzene rings is 2. The van der Waals surface area contributed by atoms with Gasteiger partial charge in [-0.05, 0) is 43.7 Å². The molecule has 0 radical (unpaired) electrons. The number of nitrogens with one attached hydrogen (secondary N) is 1. The molecular weight excluding hydrogens is 394 g/mol. The second kappa shape index (κ2) is 7.29. The van der Waals surface area contributed by atoms with E-state index in [1.165, 1.54) is 5.01 Å². The van der Waals surface area contributed by atoms with Crippen molar-refractivity contribution in [2.45, 2.75) is 25.9 Å². The van der Waals surface area contributed by atoms with Crippen LogP contribution < -0.4 is 10.2 Å². The predicted molar refractivity (Wildman–Crippen MR) is 108 cm³/mol. The fraction of sp³-hybridized carbons (Fsp3) is 0.250. The van der Waals surface area contributed by atoms with Crippen molar-refractivity contribution in [2.24, 2.45) is 10.3 Å². The van der Waals surface area contributed by atoms with E-state index in [0.717, 1.165) is 16.0 Å². The van der Waals surface area contributed by atoms with Crippen molar-refractivity contribution in [1.29, 1.82) is 0 Å². The van der Waals surface area contributed by atoms with Gasteiger partial charge < -0.3 is 5.32 Å². The lowest BCUT2D eigenvalue weighted by molar-refractivity contribution is -0.123. The van der Waals surface area contributed by atoms with Gasteiger partial charge >= 0.3 is 0 Å². The summed E-state index contributed by atoms with van der Waals surface area (Å²) in [5.41, 5.74) is 2.93. The van der Waals surface area contributed by atoms with E-state index in [2.05, 4.69) is 15.7 Å². The van der Waals surface area contributed by atoms with Crippen LogP contribution in [0, 0.1) is 13.8 Å². The molecule has 2 atom stereocenters. The molecule has 1 N–H and O–H groups in total. The Kier molecular flexibility index (Phi) is 4.79. The van der Waals surface area contributed by atoms with Gasteiger partial charge in [0.1, 0.15) is 6.54 Å². The summed E-state index contributed by atoms with van der Waals surface area (Å²) in [6, 6.07) is 10.4. The van der Waals surface area contributed by atoms with Crippen molar-refractivity contribution in [1.82, 2.24) is 5.01 Å². The minimum absolute atomic E-state index is 0.194. The van der Waals surface area contributed by atoms with Crippen LogP contribution in [0.3, 0.4) is 0 Å². The fourth-order valence-corrected chi connectivity index (χ4v) is 3.49. The third-order valence-electron chi connectivity index (χ3n) is 4.91. The van der Waals surface area contributed by atoms with Gasteiger partial charge in [0.15, 0.2) is 12.1 Å². The molecule has 29 heavy (non-hydrogen) atoms. The topological polar surface area (TPSA) is 94.4 Å². The average Bonchev–Trinajstić information content (AvgIpc) is 3.20. The molecule has 0 aliphatic carbocycles. The summed E-state index contributed by atoms with van der Waals surface area (Å²) in [4.78, 5) is 39.1. The van der Waals surface area contributed by atoms with E-state index in [9.17, 15) is 14.4 Å². The van der Waals surface area contributed by atoms with E-state index in [0.29, 0.717) is 16.4 Å². The first-order valence-corrected chi connectivity index (χ1v) is 9.41. The molecule has 0 bridgehead atoms. The van der Waals surface area contributed by atoms with Gasteiger partial charge in [0.05, 0.1) is 5.69 Å². The Bertz CT molecular complexity index is 1040. The first-order valence-electron chi connectivity index (χ1n) is 9.03. The maximum atomic E-state index is 13.0. The van der Waals surface area contributed by atoms with Crippen LogP contribution in [0.5, 0.6) is 0 Å². The van der Waals surface area contributed by atoms with Gasteiger partial charge in [-0.2, -0.15) is 5.11 Å². The van der Waals surface area contributed by atoms with Crippen molar-refractivity contribution in [3.8, 4) is 0 Å². The van der Waals surface area contributed by atoms with Crippen molar-refractivity contribution in [3.05, 3.63) is 58.6 Å². The lowest BCUT2D eigenvalue weighted by Crippen LogP contribution is -2.43. The number of hydrogen-bond donors (Lipinski definition) is 1. The number of imide groups is 1. The number of amides is 3. The largest absolute Gasteiger partial charge is 0.324 e. The van der Waals surface area contributed by atoms with E-state index in [1.807, 2.05) is 26.0 Å². The summed E-state index contributed by atoms with van der Waals surface area (Å²) in [6.07, 6.45) is 0. The smallest absolute Gasteiger partial charge is 0.263 e. The van der Waals surface area contributed by atoms with E-state index < -0.39 is 23.9 Å². The highest BCUT2D eigenvalue weighted by molar-refractivity contribution is 6.32. The first-order chi connectivity index (χ1) is 13.8. The maximum absolute atomic E-state index is 13.0. The number of carbonyl (C=O) groups excluding carboxylic acids is 3. The number of carbonyl (C=O) groups is 3. The second-order valence-corrected chi connectivity index (χ2v) is 7.46. The molecule has 148 valence electrons. The number of hydrogen-bond acceptors (Lipinski definition) is 6. The number of nitrogens with zero attached hydrogens (tertiary/aromatic N) is 4. The zero-order valence-corrected chi connectivity index (χ0v) is 16.6. The lowest BCUT2D eigenvalue weighted by Gasteiger charge is -2.20. The SMILES string of the molecule is Cc1ccc(NC(=O)CN2N=NC3C(=O)N(c4ccc(C)c(Cl)c4)C(=O)C32)cc1. The standard InChI is InChI=1S/C20H18ClN5O3/c1-11-3-6-13(7-4-11)22-16(27)10-25-18-17(23-24-25)19(28)26(20(18)29)14-8-5-12(2)15(21)9-14/h3-9,17-18H,10H2,1-2H3,(H,22,27). The number of aryl methyl sites for hydroxylation is 2. The third kappa shape index (κ3) is 3.47. The summed E-state index contributed by atoms with van der Waals surface area (Å²) in [5, 5.41) is 12.3. The number of halogens is 1. The molecule has 1 saturated heterocycles. The quantitative estimate of drug-likeness (QED) is 0.782. The monoisotopic (exact) mass is 411 g/mol. The van der Waals surface area contributed by atoms with Gasteiger partial charge in [0.25, 0.3) is 11.8 Å². The molecule has 0 aromatic heterocycles. The number of anilines is 2. The molecule has 0 saturated carbocycles. The Balaban J connectivity index is 1.49. The highest BCUT2D eigenvalue weighted by atomic mass is 35.5. The highest BCUT2D eigenvalue weighted by Gasteiger charge is 2.55. The zero-order chi connectivity index (χ0) is 20.7. The molecule has 4 rings (SSSR count). The van der Waals surface area contributed by atoms with Gasteiger partial charge in [-0.25, -0.2) is 4.90 Å². The van der Waals surface area contributed by atoms with E-state index >= 15 is 0 Å². The van der Waals surface area contributed by atoms with Crippen LogP contribution in [0.2, 0.25) is 5.02 Å². The Morgan fingerprint density at radius 2 is 1.83 bits per heavy atom. The van der Waals surface area contributed by atoms with E-state index in [1.54, 1.807) is 30.3 Å². The molecule has 8 nitrogen and oxygen atoms in total. The minimum atomic E-state index is -0.963. The molecule has 2 aliphatic rings. The van der Waals surface area contributed by atoms with Crippen LogP contribution in [-0.2, 0) is 14.4 Å². The summed E-state index contributed by atoms with van der Waals surface area (Å²) < 4.78 is 0. The van der Waals surface area contributed by atoms with Crippen LogP contribution in [-0.4, -0.2) is 41.4 Å². The third-order valence-corrected chi connectivity index (χ3v) is 5.32. The van der Waals surface area contributed by atoms with Crippen LogP contribution in [0.25, 0.3) is 0 Å². The molecule has 1 fully saturated rings. The fourth-order valence-electron chi connectivity index (χ4n) is 3.31. The van der Waals surface area contributed by atoms with Crippen LogP contribution >= 0.6 is 11.6 Å². The Labute approximate surface area is 172 Å². The molecule has 0 spiro atoms. The van der Waals surface area contributed by atoms with Crippen LogP contribution in [0.1, 0.15) is 11.1 Å². The number of rotatable bonds is 4. The van der Waals surface area contributed by atoms with Gasteiger partial charge in [-0.3, -0.25) is 19.4 Å². The van der Waals surface area contributed by atoms with Crippen LogP contribution in [0.4, 0.5) is 11.4 Å². The Morgan fingerprint density at radius 3 is 2.52 bits per heavy atom. The van der Waals surface area contributed by atoms with Crippen molar-refractivity contribution in [3.63, 3.8) is 0 Å². The highest BCUT2D eigenvalue weighted by Crippen LogP contribution is 2.33. The number of fused-ring (bicyclic) bond motifs is 1. The summed E-state index contributed by atoms with van der Waals surface area (Å²) in [7, 11) is 0. The average molecular weight is 412 g/mol. The van der Waals surface area contributed by atoms with E-state index in [4.69, 9.17) is 11.6 Å². The molecule has 2 aromatic carbocycles. The summed E-state index contributed by atoms with van der Waals surface area (Å²) in [6.45, 7) is 3.59. The molecule has 9 heteroatoms. The summed E-state index contributed by atoms with van der Waals surface area (Å²) in [5.74, 6) is -1.32. The minimum Gasteiger partial charge on any atom is -0.324 e. The van der Waals surface area contributed by atoms with Gasteiger partial charge in [-0.1, -0.05) is 40.6 Å². The van der Waals surface area contributed by atoms with Crippen LogP contribution in [0.15, 0.2) is 52.8 Å². The lowest BCUT2D eigenvalue weighted by atomic mass is 10.1. The normalized spacial score (nSPS) is 20.4. The molecule has 2 unspecified atom stereocenters. The summed E-state index contributed by atoms with van der Waals surface area (Å²) >= 11 is 6.14. The van der Waals surface area contributed by atoms with Gasteiger partial charge in [0.2, 0.25) is 5.91 Å². The molecular formula is C20H18ClN5O3. The zero-order valence-electron chi connectivity index (χ0n) is 15.8. The molecule has 2 aliphatic heterocycles. The Hall–Kier alpha value is -3.26. The van der Waals surface area contributed by atoms with Crippen molar-refractivity contribution in [2.75, 3.05) is 16.8 Å². The Morgan fingerprint density at radius 1 is 1.10 bits per heavy atom. The molecule has 2 aromatic rings.